The number of hydrogen-bond donors (Lipinski definition) is 0. The minimum Gasteiger partial charge on any atom is -0.271 e. The van der Waals surface area contributed by atoms with Gasteiger partial charge in [0, 0.05) is 17.5 Å². The molecule has 2 rings (SSSR count). The van der Waals surface area contributed by atoms with E-state index in [1.165, 1.54) is 11.8 Å². The molecular weight excluding hydrogens is 392 g/mol. The van der Waals surface area contributed by atoms with E-state index < -0.39 is 11.7 Å². The molecule has 1 aromatic heterocycles. The van der Waals surface area contributed by atoms with Crippen molar-refractivity contribution in [1.29, 1.82) is 0 Å². The van der Waals surface area contributed by atoms with Crippen LogP contribution < -0.4 is 0 Å². The van der Waals surface area contributed by atoms with Crippen LogP contribution in [-0.4, -0.2) is 15.8 Å². The number of hydrogen-bond acceptors (Lipinski definition) is 3. The summed E-state index contributed by atoms with van der Waals surface area (Å²) < 4.78 is 38.0. The average Bonchev–Trinajstić information content (AvgIpc) is 2.56. The Morgan fingerprint density at radius 2 is 1.96 bits per heavy atom. The molecule has 0 aliphatic rings. The van der Waals surface area contributed by atoms with E-state index in [-0.39, 0.29) is 17.3 Å². The fraction of sp³-hybridized carbons (Fsp3) is 0.176. The number of pyridine rings is 1. The van der Waals surface area contributed by atoms with Crippen molar-refractivity contribution in [3.8, 4) is 0 Å². The third-order valence-corrected chi connectivity index (χ3v) is 4.74. The van der Waals surface area contributed by atoms with Crippen molar-refractivity contribution in [2.24, 2.45) is 4.99 Å². The maximum absolute atomic E-state index is 12.7. The molecule has 0 bridgehead atoms. The molecule has 25 heavy (non-hydrogen) atoms. The molecule has 8 heteroatoms. The van der Waals surface area contributed by atoms with E-state index in [1.54, 1.807) is 18.2 Å². The standard InChI is InChI=1S/C17H13Cl2F3N2S/c1-2-7-25-16(12-5-3-4-6-13(12)18)24-10-15-14(19)8-11(9-23-15)17(20,21)22/h2-6,8-9H,1,7,10H2/b24-16+. The minimum atomic E-state index is -4.49. The Bertz CT molecular complexity index is 792. The van der Waals surface area contributed by atoms with Gasteiger partial charge in [0.2, 0.25) is 0 Å². The van der Waals surface area contributed by atoms with Gasteiger partial charge in [0.05, 0.1) is 32.9 Å². The molecule has 0 atom stereocenters. The minimum absolute atomic E-state index is 0.0433. The van der Waals surface area contributed by atoms with Crippen molar-refractivity contribution < 1.29 is 13.2 Å². The maximum Gasteiger partial charge on any atom is 0.417 e. The summed E-state index contributed by atoms with van der Waals surface area (Å²) in [4.78, 5) is 8.23. The van der Waals surface area contributed by atoms with Gasteiger partial charge in [-0.2, -0.15) is 13.2 Å². The third-order valence-electron chi connectivity index (χ3n) is 3.06. The van der Waals surface area contributed by atoms with E-state index in [9.17, 15) is 13.2 Å². The number of aromatic nitrogens is 1. The molecule has 0 N–H and O–H groups in total. The molecule has 0 spiro atoms. The fourth-order valence-electron chi connectivity index (χ4n) is 1.87. The number of halogens is 5. The second kappa shape index (κ2) is 8.74. The fourth-order valence-corrected chi connectivity index (χ4v) is 3.14. The van der Waals surface area contributed by atoms with Crippen molar-refractivity contribution in [3.63, 3.8) is 0 Å². The van der Waals surface area contributed by atoms with Gasteiger partial charge in [-0.05, 0) is 12.1 Å². The number of aliphatic imine (C=N–C) groups is 1. The normalized spacial score (nSPS) is 12.3. The average molecular weight is 405 g/mol. The Kier molecular flexibility index (Phi) is 6.93. The Labute approximate surface area is 157 Å². The first-order chi connectivity index (χ1) is 11.8. The highest BCUT2D eigenvalue weighted by Gasteiger charge is 2.31. The van der Waals surface area contributed by atoms with Gasteiger partial charge < -0.3 is 0 Å². The molecule has 132 valence electrons. The number of alkyl halides is 3. The first kappa shape index (κ1) is 19.8. The second-order valence-corrected chi connectivity index (χ2v) is 6.67. The SMILES string of the molecule is C=CCS/C(=N/Cc1ncc(C(F)(F)F)cc1Cl)c1ccccc1Cl. The van der Waals surface area contributed by atoms with E-state index in [1.807, 2.05) is 12.1 Å². The van der Waals surface area contributed by atoms with E-state index in [2.05, 4.69) is 16.6 Å². The van der Waals surface area contributed by atoms with Gasteiger partial charge in [-0.15, -0.1) is 18.3 Å². The van der Waals surface area contributed by atoms with Gasteiger partial charge in [-0.25, -0.2) is 0 Å². The van der Waals surface area contributed by atoms with Gasteiger partial charge in [0.1, 0.15) is 0 Å². The highest BCUT2D eigenvalue weighted by molar-refractivity contribution is 8.14. The lowest BCUT2D eigenvalue weighted by atomic mass is 10.2. The van der Waals surface area contributed by atoms with E-state index in [0.717, 1.165) is 17.8 Å². The Morgan fingerprint density at radius 3 is 2.56 bits per heavy atom. The molecule has 2 nitrogen and oxygen atoms in total. The van der Waals surface area contributed by atoms with Gasteiger partial charge in [0.25, 0.3) is 0 Å². The van der Waals surface area contributed by atoms with Gasteiger partial charge in [0.15, 0.2) is 0 Å². The molecule has 0 aliphatic carbocycles. The zero-order valence-electron chi connectivity index (χ0n) is 12.9. The lowest BCUT2D eigenvalue weighted by molar-refractivity contribution is -0.137. The molecule has 0 fully saturated rings. The van der Waals surface area contributed by atoms with Crippen molar-refractivity contribution in [2.75, 3.05) is 5.75 Å². The van der Waals surface area contributed by atoms with Gasteiger partial charge in [-0.1, -0.05) is 47.5 Å². The first-order valence-electron chi connectivity index (χ1n) is 7.07. The smallest absolute Gasteiger partial charge is 0.271 e. The Morgan fingerprint density at radius 1 is 1.24 bits per heavy atom. The molecule has 0 saturated heterocycles. The number of benzene rings is 1. The zero-order chi connectivity index (χ0) is 18.4. The van der Waals surface area contributed by atoms with Crippen molar-refractivity contribution in [3.05, 3.63) is 76.0 Å². The summed E-state index contributed by atoms with van der Waals surface area (Å²) >= 11 is 13.5. The number of nitrogens with zero attached hydrogens (tertiary/aromatic N) is 2. The second-order valence-electron chi connectivity index (χ2n) is 4.85. The Balaban J connectivity index is 2.29. The summed E-state index contributed by atoms with van der Waals surface area (Å²) in [6.45, 7) is 3.71. The molecule has 0 saturated carbocycles. The molecule has 0 amide bonds. The highest BCUT2D eigenvalue weighted by atomic mass is 35.5. The summed E-state index contributed by atoms with van der Waals surface area (Å²) in [5.41, 5.74) is 0.107. The van der Waals surface area contributed by atoms with Crippen LogP contribution in [0.5, 0.6) is 0 Å². The molecule has 1 heterocycles. The quantitative estimate of drug-likeness (QED) is 0.333. The van der Waals surface area contributed by atoms with E-state index in [4.69, 9.17) is 23.2 Å². The largest absolute Gasteiger partial charge is 0.417 e. The Hall–Kier alpha value is -1.50. The predicted molar refractivity (Wildman–Crippen MR) is 98.6 cm³/mol. The van der Waals surface area contributed by atoms with Crippen LogP contribution in [0, 0.1) is 0 Å². The lowest BCUT2D eigenvalue weighted by Crippen LogP contribution is -2.07. The van der Waals surface area contributed by atoms with E-state index in [0.29, 0.717) is 15.8 Å². The van der Waals surface area contributed by atoms with Crippen LogP contribution >= 0.6 is 35.0 Å². The van der Waals surface area contributed by atoms with Crippen LogP contribution in [0.1, 0.15) is 16.8 Å². The van der Waals surface area contributed by atoms with Crippen LogP contribution in [0.25, 0.3) is 0 Å². The molecule has 0 radical (unpaired) electrons. The summed E-state index contributed by atoms with van der Waals surface area (Å²) in [6.07, 6.45) is -2.01. The van der Waals surface area contributed by atoms with Crippen molar-refractivity contribution >= 4 is 40.0 Å². The topological polar surface area (TPSA) is 25.2 Å². The molecule has 0 aliphatic heterocycles. The van der Waals surface area contributed by atoms with Crippen LogP contribution in [0.4, 0.5) is 13.2 Å². The molecule has 2 aromatic rings. The van der Waals surface area contributed by atoms with E-state index >= 15 is 0 Å². The maximum atomic E-state index is 12.7. The number of thioether (sulfide) groups is 1. The molecular formula is C17H13Cl2F3N2S. The summed E-state index contributed by atoms with van der Waals surface area (Å²) in [5.74, 6) is 0.609. The van der Waals surface area contributed by atoms with Gasteiger partial charge in [-0.3, -0.25) is 9.98 Å². The van der Waals surface area contributed by atoms with Crippen molar-refractivity contribution in [1.82, 2.24) is 4.98 Å². The zero-order valence-corrected chi connectivity index (χ0v) is 15.2. The molecule has 0 unspecified atom stereocenters. The lowest BCUT2D eigenvalue weighted by Gasteiger charge is -2.10. The summed E-state index contributed by atoms with van der Waals surface area (Å²) in [6, 6.07) is 8.04. The van der Waals surface area contributed by atoms with Gasteiger partial charge >= 0.3 is 6.18 Å². The van der Waals surface area contributed by atoms with Crippen LogP contribution in [-0.2, 0) is 12.7 Å². The monoisotopic (exact) mass is 404 g/mol. The predicted octanol–water partition coefficient (Wildman–Crippen LogP) is 6.27. The first-order valence-corrected chi connectivity index (χ1v) is 8.81. The summed E-state index contributed by atoms with van der Waals surface area (Å²) in [7, 11) is 0. The summed E-state index contributed by atoms with van der Waals surface area (Å²) in [5, 5.41) is 1.10. The van der Waals surface area contributed by atoms with Crippen LogP contribution in [0.2, 0.25) is 10.0 Å². The van der Waals surface area contributed by atoms with Crippen LogP contribution in [0.3, 0.4) is 0 Å². The third kappa shape index (κ3) is 5.49. The number of rotatable bonds is 5. The van der Waals surface area contributed by atoms with Crippen molar-refractivity contribution in [2.45, 2.75) is 12.7 Å². The molecule has 1 aromatic carbocycles. The van der Waals surface area contributed by atoms with Crippen LogP contribution in [0.15, 0.2) is 54.2 Å². The highest BCUT2D eigenvalue weighted by Crippen LogP contribution is 2.31.